The van der Waals surface area contributed by atoms with Gasteiger partial charge in [0, 0.05) is 11.8 Å². The zero-order valence-electron chi connectivity index (χ0n) is 14.7. The standard InChI is InChI=1S/C16H18N2O10/c1-8-6-18(15(25)17-13(8)22)10-3-2-9(28-10)7-27-12(21)5-16(26,14(23)24)4-11(19)20/h2-3,6,9-10,26H,4-5,7H2,1H3,(H,19,20)(H,23,24)(H,17,22,25)/t9-,10+,16?/m0/s1. The van der Waals surface area contributed by atoms with Gasteiger partial charge in [-0.2, -0.15) is 0 Å². The highest BCUT2D eigenvalue weighted by Crippen LogP contribution is 2.21. The molecule has 2 rings (SSSR count). The molecule has 0 aromatic carbocycles. The Morgan fingerprint density at radius 1 is 1.25 bits per heavy atom. The van der Waals surface area contributed by atoms with E-state index in [-0.39, 0.29) is 12.2 Å². The number of aromatic nitrogens is 2. The Labute approximate surface area is 156 Å². The Morgan fingerprint density at radius 3 is 2.54 bits per heavy atom. The van der Waals surface area contributed by atoms with Gasteiger partial charge in [-0.15, -0.1) is 0 Å². The lowest BCUT2D eigenvalue weighted by molar-refractivity contribution is -0.172. The van der Waals surface area contributed by atoms with Crippen LogP contribution in [0.1, 0.15) is 24.6 Å². The van der Waals surface area contributed by atoms with Gasteiger partial charge in [-0.25, -0.2) is 9.59 Å². The topological polar surface area (TPSA) is 185 Å². The van der Waals surface area contributed by atoms with E-state index in [1.165, 1.54) is 25.3 Å². The van der Waals surface area contributed by atoms with Gasteiger partial charge in [0.15, 0.2) is 11.8 Å². The molecular formula is C16H18N2O10. The van der Waals surface area contributed by atoms with E-state index in [0.717, 1.165) is 4.57 Å². The molecule has 0 amide bonds. The van der Waals surface area contributed by atoms with Crippen LogP contribution in [0.25, 0.3) is 0 Å². The lowest BCUT2D eigenvalue weighted by Gasteiger charge is -2.21. The number of hydrogen-bond acceptors (Lipinski definition) is 8. The quantitative estimate of drug-likeness (QED) is 0.297. The fourth-order valence-electron chi connectivity index (χ4n) is 2.45. The molecule has 0 bridgehead atoms. The van der Waals surface area contributed by atoms with Crippen molar-refractivity contribution in [1.82, 2.24) is 9.55 Å². The predicted molar refractivity (Wildman–Crippen MR) is 89.5 cm³/mol. The highest BCUT2D eigenvalue weighted by molar-refractivity contribution is 5.88. The van der Waals surface area contributed by atoms with E-state index in [2.05, 4.69) is 4.98 Å². The zero-order valence-corrected chi connectivity index (χ0v) is 14.7. The SMILES string of the molecule is Cc1cn([C@H]2C=C[C@@H](COC(=O)CC(O)(CC(=O)O)C(=O)O)O2)c(=O)[nH]c1=O. The van der Waals surface area contributed by atoms with Crippen molar-refractivity contribution in [2.24, 2.45) is 0 Å². The average molecular weight is 398 g/mol. The lowest BCUT2D eigenvalue weighted by atomic mass is 9.96. The van der Waals surface area contributed by atoms with Gasteiger partial charge in [0.1, 0.15) is 12.7 Å². The van der Waals surface area contributed by atoms with Crippen LogP contribution >= 0.6 is 0 Å². The maximum atomic E-state index is 11.8. The van der Waals surface area contributed by atoms with Gasteiger partial charge in [0.05, 0.1) is 12.8 Å². The highest BCUT2D eigenvalue weighted by Gasteiger charge is 2.41. The van der Waals surface area contributed by atoms with Crippen LogP contribution in [0.3, 0.4) is 0 Å². The maximum Gasteiger partial charge on any atom is 0.336 e. The smallest absolute Gasteiger partial charge is 0.336 e. The molecule has 1 aliphatic heterocycles. The summed E-state index contributed by atoms with van der Waals surface area (Å²) in [5, 5.41) is 27.4. The third-order valence-corrected chi connectivity index (χ3v) is 3.91. The number of rotatable bonds is 8. The molecule has 4 N–H and O–H groups in total. The molecule has 0 radical (unpaired) electrons. The Morgan fingerprint density at radius 2 is 1.93 bits per heavy atom. The molecular weight excluding hydrogens is 380 g/mol. The van der Waals surface area contributed by atoms with Gasteiger partial charge < -0.3 is 24.8 Å². The van der Waals surface area contributed by atoms with Crippen molar-refractivity contribution in [2.75, 3.05) is 6.61 Å². The molecule has 0 fully saturated rings. The Kier molecular flexibility index (Phi) is 6.16. The van der Waals surface area contributed by atoms with Crippen LogP contribution in [0.5, 0.6) is 0 Å². The van der Waals surface area contributed by atoms with E-state index < -0.39 is 59.9 Å². The number of carboxylic acids is 2. The van der Waals surface area contributed by atoms with E-state index >= 15 is 0 Å². The fourth-order valence-corrected chi connectivity index (χ4v) is 2.45. The summed E-state index contributed by atoms with van der Waals surface area (Å²) in [5.41, 5.74) is -3.72. The molecule has 12 heteroatoms. The first kappa shape index (κ1) is 21.1. The number of ether oxygens (including phenoxy) is 2. The van der Waals surface area contributed by atoms with Gasteiger partial charge in [-0.3, -0.25) is 23.9 Å². The van der Waals surface area contributed by atoms with E-state index in [0.29, 0.717) is 0 Å². The molecule has 12 nitrogen and oxygen atoms in total. The first-order valence-electron chi connectivity index (χ1n) is 8.01. The molecule has 152 valence electrons. The van der Waals surface area contributed by atoms with Crippen LogP contribution in [0, 0.1) is 6.92 Å². The number of hydrogen-bond donors (Lipinski definition) is 4. The summed E-state index contributed by atoms with van der Waals surface area (Å²) < 4.78 is 11.5. The molecule has 1 unspecified atom stereocenters. The molecule has 1 aliphatic rings. The summed E-state index contributed by atoms with van der Waals surface area (Å²) in [5.74, 6) is -4.59. The number of carbonyl (C=O) groups is 3. The minimum absolute atomic E-state index is 0.290. The van der Waals surface area contributed by atoms with Crippen LogP contribution in [0.15, 0.2) is 27.9 Å². The van der Waals surface area contributed by atoms with Crippen LogP contribution in [0.2, 0.25) is 0 Å². The molecule has 0 saturated carbocycles. The second kappa shape index (κ2) is 8.19. The number of H-pyrrole nitrogens is 1. The predicted octanol–water partition coefficient (Wildman–Crippen LogP) is -1.48. The van der Waals surface area contributed by atoms with Crippen LogP contribution in [0.4, 0.5) is 0 Å². The zero-order chi connectivity index (χ0) is 21.1. The van der Waals surface area contributed by atoms with Crippen molar-refractivity contribution in [3.8, 4) is 0 Å². The highest BCUT2D eigenvalue weighted by atomic mass is 16.6. The average Bonchev–Trinajstić information content (AvgIpc) is 3.04. The Hall–Kier alpha value is -3.25. The van der Waals surface area contributed by atoms with Gasteiger partial charge in [0.2, 0.25) is 0 Å². The first-order valence-corrected chi connectivity index (χ1v) is 8.01. The first-order chi connectivity index (χ1) is 13.0. The monoisotopic (exact) mass is 398 g/mol. The van der Waals surface area contributed by atoms with Crippen LogP contribution in [-0.4, -0.2) is 61.1 Å². The normalized spacial score (nSPS) is 20.5. The van der Waals surface area contributed by atoms with Crippen LogP contribution in [-0.2, 0) is 23.9 Å². The minimum atomic E-state index is -2.79. The number of esters is 1. The van der Waals surface area contributed by atoms with Crippen molar-refractivity contribution in [3.63, 3.8) is 0 Å². The molecule has 28 heavy (non-hydrogen) atoms. The molecule has 0 spiro atoms. The molecule has 1 aromatic rings. The third kappa shape index (κ3) is 4.92. The Bertz CT molecular complexity index is 930. The van der Waals surface area contributed by atoms with E-state index in [1.807, 2.05) is 0 Å². The number of aryl methyl sites for hydroxylation is 1. The van der Waals surface area contributed by atoms with Crippen LogP contribution < -0.4 is 11.2 Å². The molecule has 3 atom stereocenters. The largest absolute Gasteiger partial charge is 0.481 e. The molecule has 0 aliphatic carbocycles. The molecule has 2 heterocycles. The van der Waals surface area contributed by atoms with E-state index in [1.54, 1.807) is 0 Å². The van der Waals surface area contributed by atoms with Gasteiger partial charge in [-0.05, 0) is 13.0 Å². The second-order valence-corrected chi connectivity index (χ2v) is 6.20. The number of aromatic amines is 1. The Balaban J connectivity index is 1.94. The van der Waals surface area contributed by atoms with Crippen molar-refractivity contribution >= 4 is 17.9 Å². The number of nitrogens with zero attached hydrogens (tertiary/aromatic N) is 1. The summed E-state index contributed by atoms with van der Waals surface area (Å²) in [7, 11) is 0. The number of carboxylic acid groups (broad SMARTS) is 2. The van der Waals surface area contributed by atoms with E-state index in [4.69, 9.17) is 19.7 Å². The lowest BCUT2D eigenvalue weighted by Crippen LogP contribution is -2.43. The maximum absolute atomic E-state index is 11.8. The number of nitrogens with one attached hydrogen (secondary N) is 1. The third-order valence-electron chi connectivity index (χ3n) is 3.91. The summed E-state index contributed by atoms with van der Waals surface area (Å²) in [6.45, 7) is 1.15. The summed E-state index contributed by atoms with van der Waals surface area (Å²) >= 11 is 0. The molecule has 0 saturated heterocycles. The van der Waals surface area contributed by atoms with Crippen molar-refractivity contribution in [3.05, 3.63) is 44.8 Å². The van der Waals surface area contributed by atoms with Crippen molar-refractivity contribution < 1.29 is 39.2 Å². The fraction of sp³-hybridized carbons (Fsp3) is 0.438. The number of aliphatic hydroxyl groups is 1. The van der Waals surface area contributed by atoms with E-state index in [9.17, 15) is 29.1 Å². The van der Waals surface area contributed by atoms with Gasteiger partial charge >= 0.3 is 23.6 Å². The summed E-state index contributed by atoms with van der Waals surface area (Å²) in [4.78, 5) is 58.8. The number of carbonyl (C=O) groups excluding carboxylic acids is 1. The van der Waals surface area contributed by atoms with Crippen molar-refractivity contribution in [2.45, 2.75) is 37.7 Å². The summed E-state index contributed by atoms with van der Waals surface area (Å²) in [6, 6.07) is 0. The van der Waals surface area contributed by atoms with Crippen molar-refractivity contribution in [1.29, 1.82) is 0 Å². The number of aliphatic carboxylic acids is 2. The second-order valence-electron chi connectivity index (χ2n) is 6.20. The van der Waals surface area contributed by atoms with Gasteiger partial charge in [0.25, 0.3) is 5.56 Å². The van der Waals surface area contributed by atoms with Gasteiger partial charge in [-0.1, -0.05) is 6.08 Å². The summed E-state index contributed by atoms with van der Waals surface area (Å²) in [6.07, 6.45) is 0.436. The molecule has 1 aromatic heterocycles. The minimum Gasteiger partial charge on any atom is -0.481 e.